The van der Waals surface area contributed by atoms with Gasteiger partial charge < -0.3 is 14.8 Å². The molecule has 0 fully saturated rings. The van der Waals surface area contributed by atoms with Crippen LogP contribution >= 0.6 is 0 Å². The van der Waals surface area contributed by atoms with Crippen molar-refractivity contribution in [1.29, 1.82) is 0 Å². The van der Waals surface area contributed by atoms with Crippen molar-refractivity contribution >= 4 is 0 Å². The summed E-state index contributed by atoms with van der Waals surface area (Å²) in [5.41, 5.74) is 0. The number of methoxy groups -OCH3 is 1. The molecule has 0 saturated heterocycles. The zero-order valence-corrected chi connectivity index (χ0v) is 9.84. The van der Waals surface area contributed by atoms with Gasteiger partial charge in [0.1, 0.15) is 0 Å². The van der Waals surface area contributed by atoms with Crippen molar-refractivity contribution in [1.82, 2.24) is 5.32 Å². The van der Waals surface area contributed by atoms with Crippen LogP contribution in [0.2, 0.25) is 0 Å². The highest BCUT2D eigenvalue weighted by atomic mass is 16.5. The van der Waals surface area contributed by atoms with Gasteiger partial charge in [0.15, 0.2) is 0 Å². The fraction of sp³-hybridized carbons (Fsp3) is 1.00. The van der Waals surface area contributed by atoms with Gasteiger partial charge in [0.25, 0.3) is 0 Å². The third-order valence-electron chi connectivity index (χ3n) is 2.11. The Balaban J connectivity index is 3.06. The molecule has 0 amide bonds. The van der Waals surface area contributed by atoms with Gasteiger partial charge in [-0.2, -0.15) is 0 Å². The number of hydrogen-bond acceptors (Lipinski definition) is 3. The Morgan fingerprint density at radius 2 is 2.00 bits per heavy atom. The lowest BCUT2D eigenvalue weighted by molar-refractivity contribution is 0.0645. The molecular formula is C11H25NO2. The van der Waals surface area contributed by atoms with Crippen LogP contribution in [-0.4, -0.2) is 40.0 Å². The summed E-state index contributed by atoms with van der Waals surface area (Å²) in [6.45, 7) is 8.91. The summed E-state index contributed by atoms with van der Waals surface area (Å²) in [4.78, 5) is 0. The molecule has 1 N–H and O–H groups in total. The summed E-state index contributed by atoms with van der Waals surface area (Å²) in [6.07, 6.45) is 2.33. The molecule has 0 aromatic heterocycles. The Labute approximate surface area is 88.2 Å². The third-order valence-corrected chi connectivity index (χ3v) is 2.11. The van der Waals surface area contributed by atoms with E-state index in [1.54, 1.807) is 7.11 Å². The molecule has 3 heteroatoms. The summed E-state index contributed by atoms with van der Waals surface area (Å²) in [6, 6.07) is 0. The Kier molecular flexibility index (Phi) is 10.9. The molecule has 0 heterocycles. The second-order valence-electron chi connectivity index (χ2n) is 3.70. The molecule has 0 aromatic rings. The minimum atomic E-state index is 0.697. The number of hydrogen-bond donors (Lipinski definition) is 1. The van der Waals surface area contributed by atoms with Gasteiger partial charge in [-0.15, -0.1) is 0 Å². The van der Waals surface area contributed by atoms with Crippen molar-refractivity contribution in [3.05, 3.63) is 0 Å². The molecule has 0 aliphatic carbocycles. The average molecular weight is 203 g/mol. The normalized spacial score (nSPS) is 13.1. The quantitative estimate of drug-likeness (QED) is 0.548. The Bertz CT molecular complexity index is 109. The monoisotopic (exact) mass is 203 g/mol. The Morgan fingerprint density at radius 1 is 1.21 bits per heavy atom. The molecule has 0 aromatic carbocycles. The van der Waals surface area contributed by atoms with Gasteiger partial charge in [-0.1, -0.05) is 13.8 Å². The molecule has 0 radical (unpaired) electrons. The topological polar surface area (TPSA) is 30.5 Å². The average Bonchev–Trinajstić information content (AvgIpc) is 2.18. The smallest absolute Gasteiger partial charge is 0.0700 e. The number of nitrogens with one attached hydrogen (secondary N) is 1. The molecule has 1 unspecified atom stereocenters. The van der Waals surface area contributed by atoms with E-state index in [2.05, 4.69) is 19.2 Å². The summed E-state index contributed by atoms with van der Waals surface area (Å²) in [7, 11) is 1.70. The van der Waals surface area contributed by atoms with Crippen LogP contribution in [0.3, 0.4) is 0 Å². The van der Waals surface area contributed by atoms with Crippen molar-refractivity contribution in [3.8, 4) is 0 Å². The maximum Gasteiger partial charge on any atom is 0.0700 e. The van der Waals surface area contributed by atoms with Crippen LogP contribution in [0.4, 0.5) is 0 Å². The molecule has 86 valence electrons. The van der Waals surface area contributed by atoms with Crippen LogP contribution in [-0.2, 0) is 9.47 Å². The van der Waals surface area contributed by atoms with E-state index in [0.717, 1.165) is 26.1 Å². The predicted molar refractivity (Wildman–Crippen MR) is 59.6 cm³/mol. The minimum absolute atomic E-state index is 0.697. The standard InChI is InChI=1S/C11H25NO2/c1-4-6-12-10-11(2)5-7-14-9-8-13-3/h11-12H,4-10H2,1-3H3. The molecule has 3 nitrogen and oxygen atoms in total. The Hall–Kier alpha value is -0.120. The second-order valence-corrected chi connectivity index (χ2v) is 3.70. The van der Waals surface area contributed by atoms with Crippen molar-refractivity contribution in [2.24, 2.45) is 5.92 Å². The largest absolute Gasteiger partial charge is 0.382 e. The Morgan fingerprint density at radius 3 is 2.64 bits per heavy atom. The van der Waals surface area contributed by atoms with E-state index in [1.807, 2.05) is 0 Å². The van der Waals surface area contributed by atoms with Crippen LogP contribution in [0.25, 0.3) is 0 Å². The first-order valence-electron chi connectivity index (χ1n) is 5.58. The van der Waals surface area contributed by atoms with Crippen molar-refractivity contribution < 1.29 is 9.47 Å². The third kappa shape index (κ3) is 9.96. The summed E-state index contributed by atoms with van der Waals surface area (Å²) >= 11 is 0. The molecule has 0 aliphatic heterocycles. The zero-order chi connectivity index (χ0) is 10.6. The lowest BCUT2D eigenvalue weighted by Gasteiger charge is -2.12. The van der Waals surface area contributed by atoms with Crippen molar-refractivity contribution in [2.75, 3.05) is 40.0 Å². The molecule has 0 bridgehead atoms. The van der Waals surface area contributed by atoms with Crippen LogP contribution in [0, 0.1) is 5.92 Å². The number of ether oxygens (including phenoxy) is 2. The first kappa shape index (κ1) is 13.9. The van der Waals surface area contributed by atoms with E-state index in [4.69, 9.17) is 9.47 Å². The van der Waals surface area contributed by atoms with Crippen molar-refractivity contribution in [2.45, 2.75) is 26.7 Å². The second kappa shape index (κ2) is 11.0. The minimum Gasteiger partial charge on any atom is -0.382 e. The first-order chi connectivity index (χ1) is 6.81. The summed E-state index contributed by atoms with van der Waals surface area (Å²) in [5.74, 6) is 0.698. The van der Waals surface area contributed by atoms with Crippen LogP contribution < -0.4 is 5.32 Å². The van der Waals surface area contributed by atoms with E-state index < -0.39 is 0 Å². The van der Waals surface area contributed by atoms with Gasteiger partial charge in [-0.05, 0) is 31.8 Å². The van der Waals surface area contributed by atoms with E-state index in [0.29, 0.717) is 19.1 Å². The van der Waals surface area contributed by atoms with Gasteiger partial charge in [0, 0.05) is 13.7 Å². The van der Waals surface area contributed by atoms with Crippen LogP contribution in [0.15, 0.2) is 0 Å². The highest BCUT2D eigenvalue weighted by molar-refractivity contribution is 4.56. The highest BCUT2D eigenvalue weighted by Gasteiger charge is 2.00. The van der Waals surface area contributed by atoms with E-state index in [1.165, 1.54) is 6.42 Å². The molecule has 0 aliphatic rings. The number of rotatable bonds is 10. The van der Waals surface area contributed by atoms with E-state index in [9.17, 15) is 0 Å². The van der Waals surface area contributed by atoms with Gasteiger partial charge in [0.2, 0.25) is 0 Å². The SMILES string of the molecule is CCCNCC(C)CCOCCOC. The molecule has 14 heavy (non-hydrogen) atoms. The fourth-order valence-corrected chi connectivity index (χ4v) is 1.16. The maximum absolute atomic E-state index is 5.40. The summed E-state index contributed by atoms with van der Waals surface area (Å²) in [5, 5.41) is 3.41. The van der Waals surface area contributed by atoms with Gasteiger partial charge in [-0.3, -0.25) is 0 Å². The highest BCUT2D eigenvalue weighted by Crippen LogP contribution is 1.99. The molecule has 0 spiro atoms. The van der Waals surface area contributed by atoms with E-state index >= 15 is 0 Å². The van der Waals surface area contributed by atoms with Crippen LogP contribution in [0.5, 0.6) is 0 Å². The van der Waals surface area contributed by atoms with Crippen molar-refractivity contribution in [3.63, 3.8) is 0 Å². The van der Waals surface area contributed by atoms with Gasteiger partial charge in [-0.25, -0.2) is 0 Å². The molecule has 0 saturated carbocycles. The van der Waals surface area contributed by atoms with Crippen LogP contribution in [0.1, 0.15) is 26.7 Å². The predicted octanol–water partition coefficient (Wildman–Crippen LogP) is 1.68. The lowest BCUT2D eigenvalue weighted by atomic mass is 10.1. The van der Waals surface area contributed by atoms with E-state index in [-0.39, 0.29) is 0 Å². The molecular weight excluding hydrogens is 178 g/mol. The van der Waals surface area contributed by atoms with Gasteiger partial charge >= 0.3 is 0 Å². The first-order valence-corrected chi connectivity index (χ1v) is 5.58. The van der Waals surface area contributed by atoms with Gasteiger partial charge in [0.05, 0.1) is 13.2 Å². The lowest BCUT2D eigenvalue weighted by Crippen LogP contribution is -2.22. The molecule has 0 rings (SSSR count). The zero-order valence-electron chi connectivity index (χ0n) is 9.84. The molecule has 1 atom stereocenters. The fourth-order valence-electron chi connectivity index (χ4n) is 1.16. The maximum atomic E-state index is 5.40. The summed E-state index contributed by atoms with van der Waals surface area (Å²) < 4.78 is 10.3.